The van der Waals surface area contributed by atoms with Gasteiger partial charge < -0.3 is 10.0 Å². The van der Waals surface area contributed by atoms with E-state index in [9.17, 15) is 0 Å². The second-order valence-corrected chi connectivity index (χ2v) is 5.54. The molecule has 4 nitrogen and oxygen atoms in total. The highest BCUT2D eigenvalue weighted by atomic mass is 79.9. The maximum Gasteiger partial charge on any atom is 0.488 e. The summed E-state index contributed by atoms with van der Waals surface area (Å²) in [5.74, 6) is 0. The summed E-state index contributed by atoms with van der Waals surface area (Å²) in [4.78, 5) is 8.30. The first-order valence-corrected chi connectivity index (χ1v) is 6.99. The van der Waals surface area contributed by atoms with E-state index in [-0.39, 0.29) is 14.9 Å². The van der Waals surface area contributed by atoms with E-state index in [1.165, 1.54) is 0 Å². The Kier molecular flexibility index (Phi) is 11.0. The van der Waals surface area contributed by atoms with Gasteiger partial charge in [0.1, 0.15) is 0 Å². The smallest absolute Gasteiger partial charge is 0.423 e. The van der Waals surface area contributed by atoms with Crippen LogP contribution in [-0.2, 0) is 0 Å². The van der Waals surface area contributed by atoms with Gasteiger partial charge in [0.25, 0.3) is 0 Å². The van der Waals surface area contributed by atoms with Gasteiger partial charge in [-0.3, -0.25) is 9.97 Å². The zero-order chi connectivity index (χ0) is 15.3. The Morgan fingerprint density at radius 2 is 1.09 bits per heavy atom. The first-order valence-electron chi connectivity index (χ1n) is 6.20. The second-order valence-electron chi connectivity index (χ2n) is 4.63. The SMILES string of the molecule is C.C.Cc1cc(B(O)O)cc(C)n1.Cc1cc(Br)cc(C)n1. The topological polar surface area (TPSA) is 66.2 Å². The van der Waals surface area contributed by atoms with Crippen LogP contribution in [0, 0.1) is 27.7 Å². The van der Waals surface area contributed by atoms with E-state index in [0.29, 0.717) is 5.46 Å². The number of pyridine rings is 2. The molecule has 122 valence electrons. The van der Waals surface area contributed by atoms with Gasteiger partial charge in [0.05, 0.1) is 0 Å². The predicted octanol–water partition coefficient (Wildman–Crippen LogP) is 3.11. The largest absolute Gasteiger partial charge is 0.488 e. The molecule has 6 heteroatoms. The molecule has 0 amide bonds. The van der Waals surface area contributed by atoms with Crippen LogP contribution in [0.5, 0.6) is 0 Å². The Morgan fingerprint density at radius 1 is 0.773 bits per heavy atom. The third-order valence-corrected chi connectivity index (χ3v) is 2.91. The van der Waals surface area contributed by atoms with Gasteiger partial charge in [0.15, 0.2) is 0 Å². The van der Waals surface area contributed by atoms with E-state index in [1.54, 1.807) is 12.1 Å². The summed E-state index contributed by atoms with van der Waals surface area (Å²) in [5, 5.41) is 17.6. The highest BCUT2D eigenvalue weighted by Gasteiger charge is 2.11. The van der Waals surface area contributed by atoms with Crippen molar-refractivity contribution < 1.29 is 10.0 Å². The van der Waals surface area contributed by atoms with Crippen molar-refractivity contribution in [3.05, 3.63) is 51.5 Å². The zero-order valence-corrected chi connectivity index (χ0v) is 13.6. The summed E-state index contributed by atoms with van der Waals surface area (Å²) >= 11 is 3.37. The second kappa shape index (κ2) is 10.5. The Labute approximate surface area is 142 Å². The van der Waals surface area contributed by atoms with Crippen LogP contribution < -0.4 is 5.46 Å². The monoisotopic (exact) mass is 368 g/mol. The molecule has 0 aliphatic heterocycles. The van der Waals surface area contributed by atoms with Crippen LogP contribution in [0.25, 0.3) is 0 Å². The van der Waals surface area contributed by atoms with Crippen molar-refractivity contribution >= 4 is 28.5 Å². The van der Waals surface area contributed by atoms with E-state index in [0.717, 1.165) is 27.2 Å². The average molecular weight is 369 g/mol. The molecule has 0 aromatic carbocycles. The molecule has 0 bridgehead atoms. The van der Waals surface area contributed by atoms with Crippen LogP contribution >= 0.6 is 15.9 Å². The Hall–Kier alpha value is -1.24. The number of aromatic nitrogens is 2. The Balaban J connectivity index is 0. The fourth-order valence-corrected chi connectivity index (χ4v) is 2.46. The number of hydrogen-bond donors (Lipinski definition) is 2. The van der Waals surface area contributed by atoms with Crippen LogP contribution in [-0.4, -0.2) is 27.1 Å². The van der Waals surface area contributed by atoms with Crippen molar-refractivity contribution in [2.45, 2.75) is 42.5 Å². The van der Waals surface area contributed by atoms with Gasteiger partial charge in [-0.05, 0) is 57.4 Å². The standard InChI is InChI=1S/C7H10BNO2.C7H8BrN.2CH4/c1-5-3-7(8(10)11)4-6(2)9-5;1-5-3-7(8)4-6(2)9-5;;/h3-4,10-11H,1-2H3;3-4H,1-2H3;2*1H4. The minimum Gasteiger partial charge on any atom is -0.423 e. The van der Waals surface area contributed by atoms with Crippen LogP contribution in [0.2, 0.25) is 0 Å². The third kappa shape index (κ3) is 8.27. The molecule has 0 saturated carbocycles. The molecular weight excluding hydrogens is 343 g/mol. The van der Waals surface area contributed by atoms with Gasteiger partial charge in [-0.25, -0.2) is 0 Å². The van der Waals surface area contributed by atoms with E-state index >= 15 is 0 Å². The summed E-state index contributed by atoms with van der Waals surface area (Å²) in [6.45, 7) is 7.60. The van der Waals surface area contributed by atoms with Crippen LogP contribution in [0.3, 0.4) is 0 Å². The lowest BCUT2D eigenvalue weighted by Gasteiger charge is -2.01. The Bertz CT molecular complexity index is 522. The maximum absolute atomic E-state index is 8.80. The van der Waals surface area contributed by atoms with E-state index in [2.05, 4.69) is 25.9 Å². The average Bonchev–Trinajstić information content (AvgIpc) is 2.26. The number of nitrogens with zero attached hydrogens (tertiary/aromatic N) is 2. The lowest BCUT2D eigenvalue weighted by atomic mass is 9.80. The molecule has 0 atom stereocenters. The van der Waals surface area contributed by atoms with Gasteiger partial charge in [0, 0.05) is 27.2 Å². The first-order chi connectivity index (χ1) is 9.27. The highest BCUT2D eigenvalue weighted by molar-refractivity contribution is 9.10. The number of aryl methyl sites for hydroxylation is 4. The van der Waals surface area contributed by atoms with Crippen molar-refractivity contribution in [1.29, 1.82) is 0 Å². The fourth-order valence-electron chi connectivity index (χ4n) is 1.80. The maximum atomic E-state index is 8.80. The van der Waals surface area contributed by atoms with Crippen molar-refractivity contribution in [3.8, 4) is 0 Å². The van der Waals surface area contributed by atoms with Crippen molar-refractivity contribution in [1.82, 2.24) is 9.97 Å². The van der Waals surface area contributed by atoms with Gasteiger partial charge >= 0.3 is 7.12 Å². The molecule has 0 unspecified atom stereocenters. The molecule has 2 aromatic rings. The molecule has 2 rings (SSSR count). The van der Waals surface area contributed by atoms with Crippen LogP contribution in [0.15, 0.2) is 28.7 Å². The molecule has 0 aliphatic carbocycles. The summed E-state index contributed by atoms with van der Waals surface area (Å²) in [5.41, 5.74) is 4.21. The molecule has 22 heavy (non-hydrogen) atoms. The molecule has 2 aromatic heterocycles. The summed E-state index contributed by atoms with van der Waals surface area (Å²) in [7, 11) is -1.39. The lowest BCUT2D eigenvalue weighted by molar-refractivity contribution is 0.425. The molecule has 0 radical (unpaired) electrons. The van der Waals surface area contributed by atoms with E-state index in [4.69, 9.17) is 10.0 Å². The van der Waals surface area contributed by atoms with Gasteiger partial charge in [-0.15, -0.1) is 0 Å². The minimum atomic E-state index is -1.39. The van der Waals surface area contributed by atoms with Gasteiger partial charge in [0.2, 0.25) is 0 Å². The number of rotatable bonds is 1. The predicted molar refractivity (Wildman–Crippen MR) is 98.4 cm³/mol. The van der Waals surface area contributed by atoms with Crippen molar-refractivity contribution in [2.24, 2.45) is 0 Å². The van der Waals surface area contributed by atoms with Crippen molar-refractivity contribution in [3.63, 3.8) is 0 Å². The third-order valence-electron chi connectivity index (χ3n) is 2.45. The molecule has 0 spiro atoms. The minimum absolute atomic E-state index is 0. The molecule has 0 aliphatic rings. The van der Waals surface area contributed by atoms with E-state index < -0.39 is 7.12 Å². The first kappa shape index (κ1) is 23.0. The van der Waals surface area contributed by atoms with Crippen LogP contribution in [0.4, 0.5) is 0 Å². The summed E-state index contributed by atoms with van der Waals surface area (Å²) in [6, 6.07) is 7.29. The van der Waals surface area contributed by atoms with Crippen LogP contribution in [0.1, 0.15) is 37.6 Å². The van der Waals surface area contributed by atoms with Gasteiger partial charge in [-0.1, -0.05) is 30.8 Å². The lowest BCUT2D eigenvalue weighted by Crippen LogP contribution is -2.30. The molecule has 0 saturated heterocycles. The Morgan fingerprint density at radius 3 is 1.36 bits per heavy atom. The highest BCUT2D eigenvalue weighted by Crippen LogP contribution is 2.10. The van der Waals surface area contributed by atoms with Crippen molar-refractivity contribution in [2.75, 3.05) is 0 Å². The molecule has 2 heterocycles. The molecular formula is C16H26BBrN2O2. The summed E-state index contributed by atoms with van der Waals surface area (Å²) < 4.78 is 1.10. The van der Waals surface area contributed by atoms with E-state index in [1.807, 2.05) is 39.8 Å². The molecule has 0 fully saturated rings. The summed E-state index contributed by atoms with van der Waals surface area (Å²) in [6.07, 6.45) is 0. The normalized spacial score (nSPS) is 8.86. The molecule has 2 N–H and O–H groups in total. The quantitative estimate of drug-likeness (QED) is 0.759. The fraction of sp³-hybridized carbons (Fsp3) is 0.375. The zero-order valence-electron chi connectivity index (χ0n) is 12.1. The number of halogens is 1. The van der Waals surface area contributed by atoms with Gasteiger partial charge in [-0.2, -0.15) is 0 Å². The number of hydrogen-bond acceptors (Lipinski definition) is 4.